The van der Waals surface area contributed by atoms with E-state index in [0.717, 1.165) is 33.0 Å². The minimum atomic E-state index is 0.190. The molecule has 2 aromatic carbocycles. The lowest BCUT2D eigenvalue weighted by Gasteiger charge is -2.20. The predicted octanol–water partition coefficient (Wildman–Crippen LogP) is 5.65. The van der Waals surface area contributed by atoms with Crippen molar-refractivity contribution in [3.63, 3.8) is 0 Å². The van der Waals surface area contributed by atoms with Crippen LogP contribution in [0.1, 0.15) is 24.1 Å². The van der Waals surface area contributed by atoms with Gasteiger partial charge in [0.2, 0.25) is 0 Å². The summed E-state index contributed by atoms with van der Waals surface area (Å²) in [6.07, 6.45) is 0.767. The SMILES string of the molecule is CCNC(Cc1c(Cl)cccc1Cl)c1cccc(Br)c1. The highest BCUT2D eigenvalue weighted by Crippen LogP contribution is 2.30. The second-order valence-corrected chi connectivity index (χ2v) is 6.30. The van der Waals surface area contributed by atoms with Crippen molar-refractivity contribution < 1.29 is 0 Å². The van der Waals surface area contributed by atoms with Gasteiger partial charge < -0.3 is 5.32 Å². The molecule has 0 heterocycles. The Morgan fingerprint density at radius 2 is 1.75 bits per heavy atom. The third kappa shape index (κ3) is 3.98. The van der Waals surface area contributed by atoms with Crippen molar-refractivity contribution in [2.45, 2.75) is 19.4 Å². The normalized spacial score (nSPS) is 12.4. The standard InChI is InChI=1S/C16H16BrCl2N/c1-2-20-16(11-5-3-6-12(17)9-11)10-13-14(18)7-4-8-15(13)19/h3-9,16,20H,2,10H2,1H3. The zero-order valence-electron chi connectivity index (χ0n) is 11.2. The molecule has 106 valence electrons. The number of benzene rings is 2. The Labute approximate surface area is 138 Å². The lowest BCUT2D eigenvalue weighted by molar-refractivity contribution is 0.550. The van der Waals surface area contributed by atoms with Crippen molar-refractivity contribution in [2.75, 3.05) is 6.54 Å². The monoisotopic (exact) mass is 371 g/mol. The smallest absolute Gasteiger partial charge is 0.0453 e. The van der Waals surface area contributed by atoms with Crippen molar-refractivity contribution in [3.05, 3.63) is 68.1 Å². The third-order valence-corrected chi connectivity index (χ3v) is 4.37. The number of hydrogen-bond acceptors (Lipinski definition) is 1. The summed E-state index contributed by atoms with van der Waals surface area (Å²) in [5.41, 5.74) is 2.21. The van der Waals surface area contributed by atoms with E-state index < -0.39 is 0 Å². The van der Waals surface area contributed by atoms with Gasteiger partial charge in [0.1, 0.15) is 0 Å². The summed E-state index contributed by atoms with van der Waals surface area (Å²) in [4.78, 5) is 0. The minimum Gasteiger partial charge on any atom is -0.310 e. The summed E-state index contributed by atoms with van der Waals surface area (Å²) in [6.45, 7) is 2.98. The highest BCUT2D eigenvalue weighted by molar-refractivity contribution is 9.10. The molecule has 1 atom stereocenters. The Balaban J connectivity index is 2.30. The van der Waals surface area contributed by atoms with Gasteiger partial charge in [-0.25, -0.2) is 0 Å². The number of nitrogens with one attached hydrogen (secondary N) is 1. The minimum absolute atomic E-state index is 0.190. The van der Waals surface area contributed by atoms with Gasteiger partial charge in [-0.15, -0.1) is 0 Å². The van der Waals surface area contributed by atoms with Gasteiger partial charge in [-0.3, -0.25) is 0 Å². The van der Waals surface area contributed by atoms with Crippen LogP contribution in [0, 0.1) is 0 Å². The van der Waals surface area contributed by atoms with Gasteiger partial charge in [0, 0.05) is 20.6 Å². The summed E-state index contributed by atoms with van der Waals surface area (Å²) in [6, 6.07) is 14.1. The van der Waals surface area contributed by atoms with Gasteiger partial charge in [0.25, 0.3) is 0 Å². The number of hydrogen-bond donors (Lipinski definition) is 1. The summed E-state index contributed by atoms with van der Waals surface area (Å²) < 4.78 is 1.07. The Bertz CT molecular complexity index is 566. The van der Waals surface area contributed by atoms with Crippen LogP contribution < -0.4 is 5.32 Å². The molecule has 1 nitrogen and oxygen atoms in total. The average Bonchev–Trinajstić information content (AvgIpc) is 2.42. The van der Waals surface area contributed by atoms with Crippen molar-refractivity contribution >= 4 is 39.1 Å². The molecule has 2 rings (SSSR count). The Hall–Kier alpha value is -0.540. The van der Waals surface area contributed by atoms with E-state index in [1.807, 2.05) is 30.3 Å². The summed E-state index contributed by atoms with van der Waals surface area (Å²) in [5.74, 6) is 0. The van der Waals surface area contributed by atoms with Gasteiger partial charge in [0.15, 0.2) is 0 Å². The van der Waals surface area contributed by atoms with Gasteiger partial charge in [-0.2, -0.15) is 0 Å². The Morgan fingerprint density at radius 1 is 1.10 bits per heavy atom. The first-order valence-corrected chi connectivity index (χ1v) is 8.08. The fourth-order valence-corrected chi connectivity index (χ4v) is 3.18. The summed E-state index contributed by atoms with van der Waals surface area (Å²) >= 11 is 16.1. The molecule has 1 N–H and O–H groups in total. The van der Waals surface area contributed by atoms with Crippen LogP contribution in [0.15, 0.2) is 46.9 Å². The van der Waals surface area contributed by atoms with Crippen LogP contribution in [0.2, 0.25) is 10.0 Å². The average molecular weight is 373 g/mol. The van der Waals surface area contributed by atoms with E-state index in [1.165, 1.54) is 5.56 Å². The maximum Gasteiger partial charge on any atom is 0.0453 e. The van der Waals surface area contributed by atoms with Gasteiger partial charge in [-0.05, 0) is 48.4 Å². The molecule has 0 saturated carbocycles. The Kier molecular flexibility index (Phi) is 5.91. The first-order chi connectivity index (χ1) is 9.61. The molecule has 2 aromatic rings. The molecule has 1 unspecified atom stereocenters. The molecule has 4 heteroatoms. The van der Waals surface area contributed by atoms with Crippen LogP contribution in [0.5, 0.6) is 0 Å². The van der Waals surface area contributed by atoms with E-state index in [-0.39, 0.29) is 6.04 Å². The summed E-state index contributed by atoms with van der Waals surface area (Å²) in [7, 11) is 0. The topological polar surface area (TPSA) is 12.0 Å². The van der Waals surface area contributed by atoms with Crippen LogP contribution >= 0.6 is 39.1 Å². The zero-order valence-corrected chi connectivity index (χ0v) is 14.3. The Morgan fingerprint density at radius 3 is 2.35 bits per heavy atom. The highest BCUT2D eigenvalue weighted by atomic mass is 79.9. The number of rotatable bonds is 5. The van der Waals surface area contributed by atoms with E-state index in [4.69, 9.17) is 23.2 Å². The van der Waals surface area contributed by atoms with E-state index in [2.05, 4.69) is 40.3 Å². The highest BCUT2D eigenvalue weighted by Gasteiger charge is 2.15. The fraction of sp³-hybridized carbons (Fsp3) is 0.250. The number of halogens is 3. The van der Waals surface area contributed by atoms with Crippen molar-refractivity contribution in [1.29, 1.82) is 0 Å². The van der Waals surface area contributed by atoms with Gasteiger partial charge in [-0.1, -0.05) is 64.3 Å². The molecule has 0 aromatic heterocycles. The maximum atomic E-state index is 6.27. The molecule has 0 amide bonds. The van der Waals surface area contributed by atoms with E-state index in [9.17, 15) is 0 Å². The molecule has 20 heavy (non-hydrogen) atoms. The van der Waals surface area contributed by atoms with Crippen molar-refractivity contribution in [2.24, 2.45) is 0 Å². The van der Waals surface area contributed by atoms with Crippen LogP contribution in [0.3, 0.4) is 0 Å². The van der Waals surface area contributed by atoms with Crippen LogP contribution in [0.4, 0.5) is 0 Å². The van der Waals surface area contributed by atoms with E-state index in [0.29, 0.717) is 0 Å². The molecule has 0 spiro atoms. The van der Waals surface area contributed by atoms with Crippen molar-refractivity contribution in [3.8, 4) is 0 Å². The largest absolute Gasteiger partial charge is 0.310 e. The molecule has 0 aliphatic carbocycles. The molecular weight excluding hydrogens is 357 g/mol. The first-order valence-electron chi connectivity index (χ1n) is 6.53. The molecule has 0 radical (unpaired) electrons. The molecule has 0 saturated heterocycles. The van der Waals surface area contributed by atoms with Crippen LogP contribution in [-0.4, -0.2) is 6.54 Å². The molecular formula is C16H16BrCl2N. The van der Waals surface area contributed by atoms with Gasteiger partial charge >= 0.3 is 0 Å². The zero-order chi connectivity index (χ0) is 14.5. The second-order valence-electron chi connectivity index (χ2n) is 4.57. The number of likely N-dealkylation sites (N-methyl/N-ethyl adjacent to an activating group) is 1. The van der Waals surface area contributed by atoms with E-state index >= 15 is 0 Å². The third-order valence-electron chi connectivity index (χ3n) is 3.17. The fourth-order valence-electron chi connectivity index (χ4n) is 2.21. The second kappa shape index (κ2) is 7.46. The molecule has 0 fully saturated rings. The van der Waals surface area contributed by atoms with Crippen LogP contribution in [0.25, 0.3) is 0 Å². The quantitative estimate of drug-likeness (QED) is 0.714. The van der Waals surface area contributed by atoms with Crippen molar-refractivity contribution in [1.82, 2.24) is 5.32 Å². The molecule has 0 aliphatic rings. The molecule has 0 aliphatic heterocycles. The lowest BCUT2D eigenvalue weighted by Crippen LogP contribution is -2.23. The summed E-state index contributed by atoms with van der Waals surface area (Å²) in [5, 5.41) is 4.93. The van der Waals surface area contributed by atoms with Crippen LogP contribution in [-0.2, 0) is 6.42 Å². The lowest BCUT2D eigenvalue weighted by atomic mass is 9.98. The van der Waals surface area contributed by atoms with E-state index in [1.54, 1.807) is 0 Å². The first kappa shape index (κ1) is 15.8. The molecule has 0 bridgehead atoms. The predicted molar refractivity (Wildman–Crippen MR) is 90.7 cm³/mol. The van der Waals surface area contributed by atoms with Gasteiger partial charge in [0.05, 0.1) is 0 Å². The maximum absolute atomic E-state index is 6.27.